The minimum atomic E-state index is -3.75. The lowest BCUT2D eigenvalue weighted by atomic mass is 10.0. The van der Waals surface area contributed by atoms with E-state index in [4.69, 9.17) is 23.2 Å². The summed E-state index contributed by atoms with van der Waals surface area (Å²) in [6.07, 6.45) is 5.09. The summed E-state index contributed by atoms with van der Waals surface area (Å²) in [6, 6.07) is 11.7. The van der Waals surface area contributed by atoms with Crippen molar-refractivity contribution < 1.29 is 13.2 Å². The Bertz CT molecular complexity index is 1070. The molecule has 1 saturated heterocycles. The van der Waals surface area contributed by atoms with Gasteiger partial charge in [-0.25, -0.2) is 8.42 Å². The molecule has 1 N–H and O–H groups in total. The van der Waals surface area contributed by atoms with Crippen molar-refractivity contribution in [3.63, 3.8) is 0 Å². The smallest absolute Gasteiger partial charge is 0.244 e. The Hall–Kier alpha value is -1.80. The van der Waals surface area contributed by atoms with Crippen LogP contribution in [0.5, 0.6) is 0 Å². The lowest BCUT2D eigenvalue weighted by molar-refractivity contribution is -0.122. The molecule has 2 aromatic rings. The van der Waals surface area contributed by atoms with Crippen LogP contribution in [-0.4, -0.2) is 44.6 Å². The maximum atomic E-state index is 13.2. The number of anilines is 1. The van der Waals surface area contributed by atoms with Crippen LogP contribution in [0, 0.1) is 0 Å². The Labute approximate surface area is 206 Å². The molecule has 0 aromatic heterocycles. The average Bonchev–Trinajstić information content (AvgIpc) is 2.78. The Morgan fingerprint density at radius 1 is 1.06 bits per heavy atom. The van der Waals surface area contributed by atoms with E-state index in [9.17, 15) is 13.2 Å². The van der Waals surface area contributed by atoms with Crippen LogP contribution in [0.2, 0.25) is 10.0 Å². The van der Waals surface area contributed by atoms with E-state index in [-0.39, 0.29) is 10.9 Å². The van der Waals surface area contributed by atoms with Gasteiger partial charge in [-0.2, -0.15) is 0 Å². The molecule has 0 aliphatic carbocycles. The molecule has 6 nitrogen and oxygen atoms in total. The zero-order valence-corrected chi connectivity index (χ0v) is 21.4. The van der Waals surface area contributed by atoms with Gasteiger partial charge in [-0.1, -0.05) is 60.8 Å². The predicted molar refractivity (Wildman–Crippen MR) is 135 cm³/mol. The second kappa shape index (κ2) is 11.6. The molecule has 180 valence electrons. The van der Waals surface area contributed by atoms with E-state index in [1.54, 1.807) is 13.0 Å². The van der Waals surface area contributed by atoms with Crippen LogP contribution >= 0.6 is 23.2 Å². The zero-order chi connectivity index (χ0) is 24.0. The first-order chi connectivity index (χ1) is 15.7. The number of hydrogen-bond donors (Lipinski definition) is 1. The van der Waals surface area contributed by atoms with Crippen LogP contribution in [0.25, 0.3) is 0 Å². The van der Waals surface area contributed by atoms with Crippen molar-refractivity contribution in [2.45, 2.75) is 51.7 Å². The first-order valence-corrected chi connectivity index (χ1v) is 13.8. The van der Waals surface area contributed by atoms with Crippen LogP contribution in [0.1, 0.15) is 43.7 Å². The van der Waals surface area contributed by atoms with Crippen LogP contribution in [-0.2, 0) is 27.9 Å². The van der Waals surface area contributed by atoms with Crippen molar-refractivity contribution >= 4 is 44.8 Å². The Balaban J connectivity index is 1.77. The third-order valence-electron chi connectivity index (χ3n) is 5.90. The van der Waals surface area contributed by atoms with E-state index in [0.717, 1.165) is 35.8 Å². The molecule has 1 fully saturated rings. The summed E-state index contributed by atoms with van der Waals surface area (Å²) < 4.78 is 26.4. The molecule has 0 bridgehead atoms. The van der Waals surface area contributed by atoms with E-state index in [1.165, 1.54) is 37.0 Å². The number of halogens is 2. The van der Waals surface area contributed by atoms with Crippen molar-refractivity contribution in [1.29, 1.82) is 0 Å². The van der Waals surface area contributed by atoms with Gasteiger partial charge in [0, 0.05) is 13.1 Å². The average molecular weight is 513 g/mol. The van der Waals surface area contributed by atoms with Crippen LogP contribution in [0.4, 0.5) is 5.69 Å². The zero-order valence-electron chi connectivity index (χ0n) is 19.1. The number of rotatable bonds is 9. The molecule has 0 radical (unpaired) electrons. The molecule has 0 unspecified atom stereocenters. The summed E-state index contributed by atoms with van der Waals surface area (Å²) in [6.45, 7) is 5.14. The van der Waals surface area contributed by atoms with Crippen LogP contribution in [0.15, 0.2) is 42.5 Å². The quantitative estimate of drug-likeness (QED) is 0.522. The molecule has 9 heteroatoms. The van der Waals surface area contributed by atoms with Crippen LogP contribution in [0.3, 0.4) is 0 Å². The fourth-order valence-electron chi connectivity index (χ4n) is 4.23. The molecule has 1 atom stereocenters. The molecule has 3 rings (SSSR count). The van der Waals surface area contributed by atoms with Crippen molar-refractivity contribution in [2.24, 2.45) is 0 Å². The number of benzene rings is 2. The number of nitrogens with one attached hydrogen (secondary N) is 1. The molecular weight excluding hydrogens is 481 g/mol. The van der Waals surface area contributed by atoms with Crippen molar-refractivity contribution in [1.82, 2.24) is 10.2 Å². The number of hydrogen-bond acceptors (Lipinski definition) is 4. The third-order valence-corrected chi connectivity index (χ3v) is 7.82. The van der Waals surface area contributed by atoms with Gasteiger partial charge in [0.2, 0.25) is 15.9 Å². The Morgan fingerprint density at radius 2 is 1.73 bits per heavy atom. The van der Waals surface area contributed by atoms with Crippen LogP contribution < -0.4 is 9.62 Å². The Kier molecular flexibility index (Phi) is 9.04. The van der Waals surface area contributed by atoms with Crippen molar-refractivity contribution in [3.05, 3.63) is 63.6 Å². The van der Waals surface area contributed by atoms with Gasteiger partial charge >= 0.3 is 0 Å². The van der Waals surface area contributed by atoms with Crippen molar-refractivity contribution in [3.8, 4) is 0 Å². The summed E-state index contributed by atoms with van der Waals surface area (Å²) in [7, 11) is -3.75. The Morgan fingerprint density at radius 3 is 2.33 bits per heavy atom. The summed E-state index contributed by atoms with van der Waals surface area (Å²) in [5.74, 6) is -0.359. The fraction of sp³-hybridized carbons (Fsp3) is 0.458. The van der Waals surface area contributed by atoms with E-state index in [2.05, 4.69) is 16.3 Å². The number of likely N-dealkylation sites (tertiary alicyclic amines) is 1. The molecular formula is C24H31Cl2N3O3S. The number of piperidine rings is 1. The molecule has 1 aliphatic heterocycles. The number of sulfonamides is 1. The minimum absolute atomic E-state index is 0.227. The minimum Gasteiger partial charge on any atom is -0.350 e. The number of carbonyl (C=O) groups is 1. The van der Waals surface area contributed by atoms with E-state index < -0.39 is 16.1 Å². The molecule has 0 spiro atoms. The van der Waals surface area contributed by atoms with E-state index in [1.807, 2.05) is 18.2 Å². The van der Waals surface area contributed by atoms with Gasteiger partial charge in [0.15, 0.2) is 0 Å². The largest absolute Gasteiger partial charge is 0.350 e. The molecule has 0 saturated carbocycles. The number of nitrogens with zero attached hydrogens (tertiary/aromatic N) is 2. The standard InChI is InChI=1S/C24H31Cl2N3O3S/c1-3-23(29(33(2,31)32)20-11-12-21(25)22(26)15-20)24(30)27-16-18-9-5-6-10-19(18)17-28-13-7-4-8-14-28/h5-6,9-12,15,23H,3-4,7-8,13-14,16-17H2,1-2H3,(H,27,30)/t23-/m0/s1. The second-order valence-electron chi connectivity index (χ2n) is 8.40. The van der Waals surface area contributed by atoms with E-state index >= 15 is 0 Å². The van der Waals surface area contributed by atoms with Gasteiger partial charge in [-0.3, -0.25) is 14.0 Å². The highest BCUT2D eigenvalue weighted by Crippen LogP contribution is 2.30. The SMILES string of the molecule is CC[C@@H](C(=O)NCc1ccccc1CN1CCCCC1)N(c1ccc(Cl)c(Cl)c1)S(C)(=O)=O. The summed E-state index contributed by atoms with van der Waals surface area (Å²) in [4.78, 5) is 15.6. The number of amides is 1. The molecule has 1 heterocycles. The van der Waals surface area contributed by atoms with Gasteiger partial charge in [-0.15, -0.1) is 0 Å². The topological polar surface area (TPSA) is 69.7 Å². The predicted octanol–water partition coefficient (Wildman–Crippen LogP) is 4.84. The molecule has 1 aliphatic rings. The molecule has 2 aromatic carbocycles. The highest BCUT2D eigenvalue weighted by molar-refractivity contribution is 7.92. The lowest BCUT2D eigenvalue weighted by Gasteiger charge is -2.30. The molecule has 33 heavy (non-hydrogen) atoms. The van der Waals surface area contributed by atoms with Gasteiger partial charge in [0.25, 0.3) is 0 Å². The normalized spacial score (nSPS) is 15.8. The lowest BCUT2D eigenvalue weighted by Crippen LogP contribution is -2.49. The second-order valence-corrected chi connectivity index (χ2v) is 11.1. The van der Waals surface area contributed by atoms with Gasteiger partial charge < -0.3 is 5.32 Å². The summed E-state index contributed by atoms with van der Waals surface area (Å²) >= 11 is 12.1. The maximum absolute atomic E-state index is 13.2. The fourth-order valence-corrected chi connectivity index (χ4v) is 5.72. The number of carbonyl (C=O) groups excluding carboxylic acids is 1. The van der Waals surface area contributed by atoms with Crippen molar-refractivity contribution in [2.75, 3.05) is 23.7 Å². The maximum Gasteiger partial charge on any atom is 0.244 e. The first kappa shape index (κ1) is 25.8. The van der Waals surface area contributed by atoms with Gasteiger partial charge in [0.1, 0.15) is 6.04 Å². The highest BCUT2D eigenvalue weighted by Gasteiger charge is 2.31. The van der Waals surface area contributed by atoms with Gasteiger partial charge in [-0.05, 0) is 61.7 Å². The summed E-state index contributed by atoms with van der Waals surface area (Å²) in [5.41, 5.74) is 2.52. The summed E-state index contributed by atoms with van der Waals surface area (Å²) in [5, 5.41) is 3.50. The van der Waals surface area contributed by atoms with Gasteiger partial charge in [0.05, 0.1) is 22.0 Å². The monoisotopic (exact) mass is 511 g/mol. The van der Waals surface area contributed by atoms with E-state index in [0.29, 0.717) is 23.7 Å². The first-order valence-electron chi connectivity index (χ1n) is 11.2. The highest BCUT2D eigenvalue weighted by atomic mass is 35.5. The third kappa shape index (κ3) is 6.85. The molecule has 1 amide bonds.